The fraction of sp³-hybridized carbons (Fsp3) is 1.00. The highest BCUT2D eigenvalue weighted by atomic mass is 16.5. The minimum atomic E-state index is 0.526. The zero-order chi connectivity index (χ0) is 12.8. The highest BCUT2D eigenvalue weighted by Crippen LogP contribution is 2.33. The van der Waals surface area contributed by atoms with E-state index >= 15 is 0 Å². The first-order chi connectivity index (χ1) is 8.79. The van der Waals surface area contributed by atoms with Gasteiger partial charge in [0.2, 0.25) is 0 Å². The molecule has 2 aliphatic rings. The molecule has 2 saturated heterocycles. The van der Waals surface area contributed by atoms with Crippen molar-refractivity contribution < 1.29 is 4.74 Å². The molecule has 2 unspecified atom stereocenters. The number of nitrogens with zero attached hydrogens (tertiary/aromatic N) is 1. The molecule has 2 rings (SSSR count). The smallest absolute Gasteiger partial charge is 0.0622 e. The number of morpholine rings is 1. The third-order valence-corrected chi connectivity index (χ3v) is 4.70. The van der Waals surface area contributed by atoms with E-state index in [1.807, 2.05) is 0 Å². The second-order valence-electron chi connectivity index (χ2n) is 6.14. The van der Waals surface area contributed by atoms with Gasteiger partial charge >= 0.3 is 0 Å². The molecule has 18 heavy (non-hydrogen) atoms. The number of hydrogen-bond donors (Lipinski definition) is 1. The van der Waals surface area contributed by atoms with E-state index in [0.29, 0.717) is 11.5 Å². The summed E-state index contributed by atoms with van der Waals surface area (Å²) in [5.41, 5.74) is 0.526. The van der Waals surface area contributed by atoms with E-state index in [1.54, 1.807) is 0 Å². The van der Waals surface area contributed by atoms with Crippen LogP contribution in [0.25, 0.3) is 0 Å². The van der Waals surface area contributed by atoms with Crippen LogP contribution in [0.4, 0.5) is 0 Å². The maximum atomic E-state index is 5.63. The van der Waals surface area contributed by atoms with Crippen molar-refractivity contribution in [1.82, 2.24) is 10.2 Å². The van der Waals surface area contributed by atoms with Crippen molar-refractivity contribution in [2.24, 2.45) is 5.41 Å². The minimum absolute atomic E-state index is 0.526. The van der Waals surface area contributed by atoms with Crippen LogP contribution in [0.3, 0.4) is 0 Å². The molecule has 2 atom stereocenters. The molecule has 0 aromatic carbocycles. The van der Waals surface area contributed by atoms with Crippen LogP contribution in [-0.2, 0) is 4.74 Å². The number of nitrogens with one attached hydrogen (secondary N) is 1. The molecular formula is C15H30N2O. The number of rotatable bonds is 5. The van der Waals surface area contributed by atoms with Crippen LogP contribution in [0, 0.1) is 5.41 Å². The highest BCUT2D eigenvalue weighted by Gasteiger charge is 2.35. The van der Waals surface area contributed by atoms with Crippen molar-refractivity contribution >= 4 is 0 Å². The lowest BCUT2D eigenvalue weighted by molar-refractivity contribution is -0.0336. The van der Waals surface area contributed by atoms with Crippen LogP contribution in [-0.4, -0.2) is 50.3 Å². The molecule has 0 amide bonds. The Morgan fingerprint density at radius 1 is 1.39 bits per heavy atom. The molecule has 2 heterocycles. The molecule has 0 radical (unpaired) electrons. The Morgan fingerprint density at radius 3 is 2.94 bits per heavy atom. The van der Waals surface area contributed by atoms with Gasteiger partial charge in [0.25, 0.3) is 0 Å². The quantitative estimate of drug-likeness (QED) is 0.814. The van der Waals surface area contributed by atoms with E-state index in [2.05, 4.69) is 24.1 Å². The van der Waals surface area contributed by atoms with E-state index in [-0.39, 0.29) is 0 Å². The molecule has 106 valence electrons. The van der Waals surface area contributed by atoms with Gasteiger partial charge in [-0.3, -0.25) is 4.90 Å². The average molecular weight is 254 g/mol. The summed E-state index contributed by atoms with van der Waals surface area (Å²) < 4.78 is 5.63. The molecule has 0 aromatic rings. The van der Waals surface area contributed by atoms with Crippen LogP contribution >= 0.6 is 0 Å². The predicted octanol–water partition coefficient (Wildman–Crippen LogP) is 2.27. The summed E-state index contributed by atoms with van der Waals surface area (Å²) in [6.45, 7) is 11.3. The van der Waals surface area contributed by atoms with Crippen molar-refractivity contribution in [2.75, 3.05) is 39.4 Å². The lowest BCUT2D eigenvalue weighted by Gasteiger charge is -2.45. The van der Waals surface area contributed by atoms with Crippen LogP contribution < -0.4 is 5.32 Å². The molecule has 2 aliphatic heterocycles. The first-order valence-electron chi connectivity index (χ1n) is 7.82. The maximum Gasteiger partial charge on any atom is 0.0622 e. The average Bonchev–Trinajstić information content (AvgIpc) is 2.40. The number of ether oxygens (including phenoxy) is 1. The Morgan fingerprint density at radius 2 is 2.28 bits per heavy atom. The van der Waals surface area contributed by atoms with Crippen molar-refractivity contribution in [2.45, 2.75) is 52.0 Å². The van der Waals surface area contributed by atoms with Gasteiger partial charge in [0.1, 0.15) is 0 Å². The fourth-order valence-corrected chi connectivity index (χ4v) is 3.69. The number of hydrogen-bond acceptors (Lipinski definition) is 3. The van der Waals surface area contributed by atoms with Gasteiger partial charge in [0.15, 0.2) is 0 Å². The first kappa shape index (κ1) is 14.3. The van der Waals surface area contributed by atoms with Crippen LogP contribution in [0.5, 0.6) is 0 Å². The van der Waals surface area contributed by atoms with Gasteiger partial charge in [-0.25, -0.2) is 0 Å². The molecule has 2 fully saturated rings. The van der Waals surface area contributed by atoms with E-state index < -0.39 is 0 Å². The van der Waals surface area contributed by atoms with Gasteiger partial charge in [-0.15, -0.1) is 0 Å². The molecular weight excluding hydrogens is 224 g/mol. The van der Waals surface area contributed by atoms with E-state index in [1.165, 1.54) is 51.7 Å². The highest BCUT2D eigenvalue weighted by molar-refractivity contribution is 4.90. The maximum absolute atomic E-state index is 5.63. The molecule has 3 nitrogen and oxygen atoms in total. The molecule has 0 bridgehead atoms. The summed E-state index contributed by atoms with van der Waals surface area (Å²) in [6, 6.07) is 0.648. The Balaban J connectivity index is 1.98. The fourth-order valence-electron chi connectivity index (χ4n) is 3.69. The molecule has 0 spiro atoms. The summed E-state index contributed by atoms with van der Waals surface area (Å²) >= 11 is 0. The van der Waals surface area contributed by atoms with Crippen molar-refractivity contribution in [3.63, 3.8) is 0 Å². The summed E-state index contributed by atoms with van der Waals surface area (Å²) in [5, 5.41) is 3.62. The van der Waals surface area contributed by atoms with Crippen LogP contribution in [0.2, 0.25) is 0 Å². The Bertz CT molecular complexity index is 233. The Hall–Kier alpha value is -0.120. The number of piperidine rings is 1. The van der Waals surface area contributed by atoms with Crippen molar-refractivity contribution in [1.29, 1.82) is 0 Å². The summed E-state index contributed by atoms with van der Waals surface area (Å²) in [4.78, 5) is 2.70. The molecule has 0 saturated carbocycles. The topological polar surface area (TPSA) is 24.5 Å². The Labute approximate surface area is 112 Å². The van der Waals surface area contributed by atoms with E-state index in [0.717, 1.165) is 19.8 Å². The zero-order valence-corrected chi connectivity index (χ0v) is 12.2. The third-order valence-electron chi connectivity index (χ3n) is 4.70. The van der Waals surface area contributed by atoms with Gasteiger partial charge in [-0.05, 0) is 37.6 Å². The van der Waals surface area contributed by atoms with Gasteiger partial charge in [0, 0.05) is 25.7 Å². The second kappa shape index (κ2) is 6.88. The van der Waals surface area contributed by atoms with Crippen molar-refractivity contribution in [3.05, 3.63) is 0 Å². The van der Waals surface area contributed by atoms with Crippen molar-refractivity contribution in [3.8, 4) is 0 Å². The Kier molecular flexibility index (Phi) is 5.46. The van der Waals surface area contributed by atoms with Crippen LogP contribution in [0.1, 0.15) is 46.0 Å². The summed E-state index contributed by atoms with van der Waals surface area (Å²) in [7, 11) is 0. The molecule has 0 aliphatic carbocycles. The van der Waals surface area contributed by atoms with E-state index in [9.17, 15) is 0 Å². The minimum Gasteiger partial charge on any atom is -0.378 e. The normalized spacial score (nSPS) is 34.7. The predicted molar refractivity (Wildman–Crippen MR) is 75.9 cm³/mol. The lowest BCUT2D eigenvalue weighted by Crippen LogP contribution is -2.53. The molecule has 0 aromatic heterocycles. The second-order valence-corrected chi connectivity index (χ2v) is 6.14. The lowest BCUT2D eigenvalue weighted by atomic mass is 9.76. The van der Waals surface area contributed by atoms with Gasteiger partial charge in [-0.2, -0.15) is 0 Å². The van der Waals surface area contributed by atoms with Crippen LogP contribution in [0.15, 0.2) is 0 Å². The van der Waals surface area contributed by atoms with Gasteiger partial charge in [-0.1, -0.05) is 20.3 Å². The zero-order valence-electron chi connectivity index (χ0n) is 12.2. The van der Waals surface area contributed by atoms with E-state index in [4.69, 9.17) is 4.74 Å². The first-order valence-corrected chi connectivity index (χ1v) is 7.82. The third kappa shape index (κ3) is 3.46. The van der Waals surface area contributed by atoms with Gasteiger partial charge in [0.05, 0.1) is 13.2 Å². The molecule has 3 heteroatoms. The monoisotopic (exact) mass is 254 g/mol. The standard InChI is InChI=1S/C15H30N2O/c1-3-6-15(7-5-8-16-12-15)13-17-9-10-18-11-14(17)4-2/h14,16H,3-13H2,1-2H3. The summed E-state index contributed by atoms with van der Waals surface area (Å²) in [5.74, 6) is 0. The largest absolute Gasteiger partial charge is 0.378 e. The van der Waals surface area contributed by atoms with Gasteiger partial charge < -0.3 is 10.1 Å². The SMILES string of the molecule is CCCC1(CN2CCOCC2CC)CCCNC1. The summed E-state index contributed by atoms with van der Waals surface area (Å²) in [6.07, 6.45) is 6.65. The molecule has 1 N–H and O–H groups in total.